The Morgan fingerprint density at radius 1 is 1.11 bits per heavy atom. The van der Waals surface area contributed by atoms with E-state index in [1.807, 2.05) is 24.3 Å². The van der Waals surface area contributed by atoms with Crippen molar-refractivity contribution in [2.45, 2.75) is 13.0 Å². The molecule has 1 aliphatic rings. The molecule has 3 rings (SSSR count). The van der Waals surface area contributed by atoms with Crippen molar-refractivity contribution in [2.75, 3.05) is 18.1 Å². The number of ether oxygens (including phenoxy) is 2. The third kappa shape index (κ3) is 4.91. The van der Waals surface area contributed by atoms with Crippen molar-refractivity contribution in [3.05, 3.63) is 65.7 Å². The number of amides is 1. The molecule has 0 radical (unpaired) electrons. The molecule has 0 bridgehead atoms. The minimum Gasteiger partial charge on any atom is -0.452 e. The van der Waals surface area contributed by atoms with Crippen LogP contribution in [0, 0.1) is 0 Å². The second-order valence-corrected chi connectivity index (χ2v) is 5.81. The van der Waals surface area contributed by atoms with Gasteiger partial charge in [-0.3, -0.25) is 4.79 Å². The summed E-state index contributed by atoms with van der Waals surface area (Å²) in [6.45, 7) is -2.67. The van der Waals surface area contributed by atoms with E-state index in [-0.39, 0.29) is 18.3 Å². The number of anilines is 1. The third-order valence-corrected chi connectivity index (χ3v) is 4.04. The number of halogens is 2. The summed E-state index contributed by atoms with van der Waals surface area (Å²) in [5.41, 5.74) is 2.55. The van der Waals surface area contributed by atoms with Gasteiger partial charge < -0.3 is 14.4 Å². The molecule has 140 valence electrons. The molecule has 0 aromatic heterocycles. The van der Waals surface area contributed by atoms with Gasteiger partial charge in [0.25, 0.3) is 5.91 Å². The van der Waals surface area contributed by atoms with Crippen molar-refractivity contribution < 1.29 is 27.8 Å². The lowest BCUT2D eigenvalue weighted by atomic mass is 10.2. The number of hydrogen-bond donors (Lipinski definition) is 0. The van der Waals surface area contributed by atoms with Crippen LogP contribution >= 0.6 is 0 Å². The molecular weight excluding hydrogens is 356 g/mol. The van der Waals surface area contributed by atoms with Crippen molar-refractivity contribution in [3.63, 3.8) is 0 Å². The molecule has 5 nitrogen and oxygen atoms in total. The number of fused-ring (bicyclic) bond motifs is 1. The first-order valence-electron chi connectivity index (χ1n) is 8.31. The maximum Gasteiger partial charge on any atom is 0.387 e. The molecule has 7 heteroatoms. The minimum absolute atomic E-state index is 0.0289. The van der Waals surface area contributed by atoms with Gasteiger partial charge >= 0.3 is 12.6 Å². The van der Waals surface area contributed by atoms with Crippen molar-refractivity contribution in [1.29, 1.82) is 0 Å². The Kier molecular flexibility index (Phi) is 5.80. The van der Waals surface area contributed by atoms with E-state index in [9.17, 15) is 18.4 Å². The van der Waals surface area contributed by atoms with E-state index in [0.717, 1.165) is 17.7 Å². The maximum absolute atomic E-state index is 12.3. The molecule has 0 fully saturated rings. The smallest absolute Gasteiger partial charge is 0.387 e. The van der Waals surface area contributed by atoms with Crippen molar-refractivity contribution in [1.82, 2.24) is 0 Å². The van der Waals surface area contributed by atoms with Crippen LogP contribution in [0.3, 0.4) is 0 Å². The zero-order chi connectivity index (χ0) is 19.2. The fourth-order valence-electron chi connectivity index (χ4n) is 2.78. The van der Waals surface area contributed by atoms with Gasteiger partial charge in [0.05, 0.1) is 0 Å². The van der Waals surface area contributed by atoms with Crippen LogP contribution in [0.25, 0.3) is 6.08 Å². The molecule has 1 heterocycles. The Morgan fingerprint density at radius 2 is 1.85 bits per heavy atom. The van der Waals surface area contributed by atoms with E-state index < -0.39 is 12.6 Å². The Labute approximate surface area is 154 Å². The summed E-state index contributed by atoms with van der Waals surface area (Å²) >= 11 is 0. The Hall–Kier alpha value is -3.22. The summed E-state index contributed by atoms with van der Waals surface area (Å²) < 4.78 is 33.4. The van der Waals surface area contributed by atoms with Crippen molar-refractivity contribution >= 4 is 23.6 Å². The van der Waals surface area contributed by atoms with E-state index >= 15 is 0 Å². The summed E-state index contributed by atoms with van der Waals surface area (Å²) in [4.78, 5) is 25.7. The highest BCUT2D eigenvalue weighted by Gasteiger charge is 2.24. The number of rotatable bonds is 6. The van der Waals surface area contributed by atoms with Crippen molar-refractivity contribution in [2.24, 2.45) is 0 Å². The molecule has 0 atom stereocenters. The SMILES string of the molecule is O=C(C=Cc1ccc(OC(F)F)cc1)OCC(=O)N1CCc2ccccc21. The third-order valence-electron chi connectivity index (χ3n) is 4.04. The molecule has 2 aromatic rings. The molecule has 27 heavy (non-hydrogen) atoms. The van der Waals surface area contributed by atoms with Gasteiger partial charge in [-0.15, -0.1) is 0 Å². The summed E-state index contributed by atoms with van der Waals surface area (Å²) in [6, 6.07) is 13.4. The molecule has 0 spiro atoms. The molecule has 0 unspecified atom stereocenters. The molecule has 1 aliphatic heterocycles. The largest absolute Gasteiger partial charge is 0.452 e. The van der Waals surface area contributed by atoms with Gasteiger partial charge in [0, 0.05) is 18.3 Å². The first kappa shape index (κ1) is 18.6. The quantitative estimate of drug-likeness (QED) is 0.575. The van der Waals surface area contributed by atoms with Gasteiger partial charge in [0.1, 0.15) is 5.75 Å². The lowest BCUT2D eigenvalue weighted by molar-refractivity contribution is -0.142. The van der Waals surface area contributed by atoms with Gasteiger partial charge in [-0.25, -0.2) is 4.79 Å². The van der Waals surface area contributed by atoms with Crippen LogP contribution in [0.15, 0.2) is 54.6 Å². The van der Waals surface area contributed by atoms with Gasteiger partial charge in [0.2, 0.25) is 0 Å². The average molecular weight is 373 g/mol. The predicted octanol–water partition coefficient (Wildman–Crippen LogP) is 3.43. The van der Waals surface area contributed by atoms with Crippen LogP contribution in [0.2, 0.25) is 0 Å². The van der Waals surface area contributed by atoms with E-state index in [1.165, 1.54) is 36.4 Å². The number of benzene rings is 2. The van der Waals surface area contributed by atoms with E-state index in [0.29, 0.717) is 12.1 Å². The highest BCUT2D eigenvalue weighted by Crippen LogP contribution is 2.27. The average Bonchev–Trinajstić information content (AvgIpc) is 3.09. The van der Waals surface area contributed by atoms with Gasteiger partial charge in [-0.1, -0.05) is 30.3 Å². The number of para-hydroxylation sites is 1. The molecule has 0 saturated carbocycles. The monoisotopic (exact) mass is 373 g/mol. The molecule has 0 N–H and O–H groups in total. The van der Waals surface area contributed by atoms with Crippen LogP contribution in [0.1, 0.15) is 11.1 Å². The standard InChI is InChI=1S/C20H17F2NO4/c21-20(22)27-16-8-5-14(6-9-16)7-10-19(25)26-13-18(24)23-12-11-15-3-1-2-4-17(15)23/h1-10,20H,11-13H2. The van der Waals surface area contributed by atoms with E-state index in [2.05, 4.69) is 4.74 Å². The van der Waals surface area contributed by atoms with Crippen LogP contribution in [-0.4, -0.2) is 31.6 Å². The Morgan fingerprint density at radius 3 is 2.59 bits per heavy atom. The lowest BCUT2D eigenvalue weighted by Crippen LogP contribution is -2.33. The highest BCUT2D eigenvalue weighted by molar-refractivity contribution is 5.98. The summed E-state index contributed by atoms with van der Waals surface area (Å²) in [5.74, 6) is -0.917. The number of carbonyl (C=O) groups is 2. The topological polar surface area (TPSA) is 55.8 Å². The number of hydrogen-bond acceptors (Lipinski definition) is 4. The predicted molar refractivity (Wildman–Crippen MR) is 95.6 cm³/mol. The Bertz CT molecular complexity index is 849. The second-order valence-electron chi connectivity index (χ2n) is 5.81. The normalized spacial score (nSPS) is 13.1. The first-order valence-corrected chi connectivity index (χ1v) is 8.31. The fourth-order valence-corrected chi connectivity index (χ4v) is 2.78. The van der Waals surface area contributed by atoms with E-state index in [4.69, 9.17) is 4.74 Å². The number of carbonyl (C=O) groups excluding carboxylic acids is 2. The van der Waals surface area contributed by atoms with Crippen LogP contribution in [0.4, 0.5) is 14.5 Å². The number of nitrogens with zero attached hydrogens (tertiary/aromatic N) is 1. The molecule has 0 aliphatic carbocycles. The zero-order valence-electron chi connectivity index (χ0n) is 14.3. The van der Waals surface area contributed by atoms with Crippen molar-refractivity contribution in [3.8, 4) is 5.75 Å². The fraction of sp³-hybridized carbons (Fsp3) is 0.200. The van der Waals surface area contributed by atoms with Crippen LogP contribution < -0.4 is 9.64 Å². The number of alkyl halides is 2. The first-order chi connectivity index (χ1) is 13.0. The van der Waals surface area contributed by atoms with E-state index in [1.54, 1.807) is 4.90 Å². The second kappa shape index (κ2) is 8.44. The van der Waals surface area contributed by atoms with Gasteiger partial charge in [-0.05, 0) is 41.8 Å². The minimum atomic E-state index is -2.89. The highest BCUT2D eigenvalue weighted by atomic mass is 19.3. The zero-order valence-corrected chi connectivity index (χ0v) is 14.3. The molecular formula is C20H17F2NO4. The maximum atomic E-state index is 12.3. The molecule has 2 aromatic carbocycles. The Balaban J connectivity index is 1.49. The summed E-state index contributed by atoms with van der Waals surface area (Å²) in [7, 11) is 0. The summed E-state index contributed by atoms with van der Waals surface area (Å²) in [6.07, 6.45) is 3.42. The molecule has 0 saturated heterocycles. The van der Waals surface area contributed by atoms with Crippen LogP contribution in [0.5, 0.6) is 5.75 Å². The summed E-state index contributed by atoms with van der Waals surface area (Å²) in [5, 5.41) is 0. The van der Waals surface area contributed by atoms with Crippen LogP contribution in [-0.2, 0) is 20.7 Å². The molecule has 1 amide bonds. The van der Waals surface area contributed by atoms with Gasteiger partial charge in [-0.2, -0.15) is 8.78 Å². The lowest BCUT2D eigenvalue weighted by Gasteiger charge is -2.16. The van der Waals surface area contributed by atoms with Gasteiger partial charge in [0.15, 0.2) is 6.61 Å². The number of esters is 1.